The summed E-state index contributed by atoms with van der Waals surface area (Å²) in [7, 11) is -5.00. The van der Waals surface area contributed by atoms with E-state index in [0.29, 0.717) is 0 Å². The highest BCUT2D eigenvalue weighted by Crippen LogP contribution is 2.62. The predicted molar refractivity (Wildman–Crippen MR) is 59.3 cm³/mol. The van der Waals surface area contributed by atoms with E-state index in [1.807, 2.05) is 0 Å². The van der Waals surface area contributed by atoms with Crippen LogP contribution in [0.4, 0.5) is 17.6 Å². The van der Waals surface area contributed by atoms with E-state index < -0.39 is 50.5 Å². The fraction of sp³-hybridized carbons (Fsp3) is 0.700. The summed E-state index contributed by atoms with van der Waals surface area (Å²) in [6, 6.07) is 0. The number of hydrogen-bond acceptors (Lipinski definition) is 6. The Balaban J connectivity index is 3.25. The van der Waals surface area contributed by atoms with E-state index in [2.05, 4.69) is 13.3 Å². The largest absolute Gasteiger partial charge is 0.715 e. The molecule has 1 saturated carbocycles. The molecule has 1 rings (SSSR count). The Morgan fingerprint density at radius 1 is 0.905 bits per heavy atom. The van der Waals surface area contributed by atoms with Crippen molar-refractivity contribution in [3.05, 3.63) is 0 Å². The van der Waals surface area contributed by atoms with E-state index in [4.69, 9.17) is 0 Å². The number of carbonyl (C=O) groups excluding carboxylic acids is 3. The Kier molecular flexibility index (Phi) is 4.37. The van der Waals surface area contributed by atoms with Gasteiger partial charge in [-0.15, -0.1) is 0 Å². The van der Waals surface area contributed by atoms with Crippen LogP contribution in [-0.4, -0.2) is 38.6 Å². The van der Waals surface area contributed by atoms with Gasteiger partial charge in [-0.1, -0.05) is 0 Å². The van der Waals surface area contributed by atoms with Crippen molar-refractivity contribution in [3.8, 4) is 0 Å². The molecule has 0 aliphatic heterocycles. The lowest BCUT2D eigenvalue weighted by atomic mass is 9.88. The van der Waals surface area contributed by atoms with Crippen molar-refractivity contribution in [2.45, 2.75) is 44.6 Å². The van der Waals surface area contributed by atoms with E-state index >= 15 is 0 Å². The van der Waals surface area contributed by atoms with E-state index in [9.17, 15) is 31.9 Å². The summed E-state index contributed by atoms with van der Waals surface area (Å²) < 4.78 is 66.5. The van der Waals surface area contributed by atoms with Gasteiger partial charge in [-0.25, -0.2) is 0 Å². The second-order valence-corrected chi connectivity index (χ2v) is 6.99. The van der Waals surface area contributed by atoms with Crippen molar-refractivity contribution in [3.63, 3.8) is 0 Å². The fourth-order valence-electron chi connectivity index (χ4n) is 1.87. The summed E-state index contributed by atoms with van der Waals surface area (Å²) in [4.78, 5) is 33.1. The van der Waals surface area contributed by atoms with Gasteiger partial charge in [0.2, 0.25) is 0 Å². The first kappa shape index (κ1) is 17.4. The Morgan fingerprint density at radius 3 is 1.43 bits per heavy atom. The molecule has 0 bridgehead atoms. The van der Waals surface area contributed by atoms with Crippen molar-refractivity contribution in [1.82, 2.24) is 0 Å². The Bertz CT molecular complexity index is 439. The molecule has 0 aromatic carbocycles. The molecule has 0 radical (unpaired) electrons. The molecule has 0 amide bonds. The second-order valence-electron chi connectivity index (χ2n) is 4.47. The average Bonchev–Trinajstić information content (AvgIpc) is 2.22. The smallest absolute Gasteiger partial charge is 0.455 e. The lowest BCUT2D eigenvalue weighted by Crippen LogP contribution is -2.69. The van der Waals surface area contributed by atoms with Crippen molar-refractivity contribution in [1.29, 1.82) is 0 Å². The highest BCUT2D eigenvalue weighted by molar-refractivity contribution is 6.67. The highest BCUT2D eigenvalue weighted by atomic mass is 28.4. The SMILES string of the molecule is CC(=O)O[Si](OC(C)=O)(OC(C)=O)C1CC(F)(F)C1(F)F. The van der Waals surface area contributed by atoms with E-state index in [1.54, 1.807) is 0 Å². The van der Waals surface area contributed by atoms with E-state index in [1.165, 1.54) is 0 Å². The van der Waals surface area contributed by atoms with Crippen LogP contribution in [0.15, 0.2) is 0 Å². The fourth-order valence-corrected chi connectivity index (χ4v) is 4.78. The van der Waals surface area contributed by atoms with Crippen molar-refractivity contribution >= 4 is 26.7 Å². The Morgan fingerprint density at radius 2 is 1.24 bits per heavy atom. The van der Waals surface area contributed by atoms with Crippen LogP contribution in [-0.2, 0) is 27.7 Å². The molecule has 0 aromatic heterocycles. The Labute approximate surface area is 117 Å². The van der Waals surface area contributed by atoms with Gasteiger partial charge in [-0.05, 0) is 0 Å². The van der Waals surface area contributed by atoms with Gasteiger partial charge in [0.1, 0.15) is 5.54 Å². The van der Waals surface area contributed by atoms with Crippen LogP contribution in [0, 0.1) is 0 Å². The van der Waals surface area contributed by atoms with E-state index in [-0.39, 0.29) is 0 Å². The standard InChI is InChI=1S/C10H12F4O6Si/c1-5(15)18-21(19-6(2)16,20-7(3)17)8-4-9(11,12)10(8,13)14/h8H,4H2,1-3H3. The molecule has 1 atom stereocenters. The minimum atomic E-state index is -5.00. The third kappa shape index (κ3) is 3.17. The van der Waals surface area contributed by atoms with Gasteiger partial charge in [0.15, 0.2) is 0 Å². The first-order chi connectivity index (χ1) is 9.34. The minimum Gasteiger partial charge on any atom is -0.455 e. The van der Waals surface area contributed by atoms with Crippen molar-refractivity contribution < 1.29 is 45.2 Å². The van der Waals surface area contributed by atoms with Gasteiger partial charge in [0.25, 0.3) is 17.9 Å². The number of rotatable bonds is 4. The van der Waals surface area contributed by atoms with Gasteiger partial charge in [-0.3, -0.25) is 14.4 Å². The summed E-state index contributed by atoms with van der Waals surface area (Å²) in [6.07, 6.45) is -1.43. The monoisotopic (exact) mass is 332 g/mol. The zero-order valence-electron chi connectivity index (χ0n) is 11.2. The molecule has 11 heteroatoms. The zero-order valence-corrected chi connectivity index (χ0v) is 12.2. The molecule has 0 heterocycles. The summed E-state index contributed by atoms with van der Waals surface area (Å²) in [6.45, 7) is 2.34. The first-order valence-electron chi connectivity index (χ1n) is 5.68. The predicted octanol–water partition coefficient (Wildman–Crippen LogP) is 1.66. The zero-order chi connectivity index (χ0) is 16.6. The van der Waals surface area contributed by atoms with Gasteiger partial charge >= 0.3 is 20.6 Å². The van der Waals surface area contributed by atoms with Gasteiger partial charge < -0.3 is 13.3 Å². The molecule has 1 aliphatic carbocycles. The molecule has 0 saturated heterocycles. The molecule has 0 N–H and O–H groups in total. The number of alkyl halides is 4. The molecule has 6 nitrogen and oxygen atoms in total. The molecule has 120 valence electrons. The van der Waals surface area contributed by atoms with Crippen LogP contribution in [0.3, 0.4) is 0 Å². The Hall–Kier alpha value is -1.65. The molecule has 0 spiro atoms. The highest BCUT2D eigenvalue weighted by Gasteiger charge is 2.84. The summed E-state index contributed by atoms with van der Waals surface area (Å²) >= 11 is 0. The quantitative estimate of drug-likeness (QED) is 0.575. The molecular weight excluding hydrogens is 320 g/mol. The summed E-state index contributed by atoms with van der Waals surface area (Å²) in [5.41, 5.74) is -2.38. The van der Waals surface area contributed by atoms with Crippen LogP contribution in [0.5, 0.6) is 0 Å². The van der Waals surface area contributed by atoms with Crippen LogP contribution < -0.4 is 0 Å². The lowest BCUT2D eigenvalue weighted by Gasteiger charge is -2.47. The molecule has 21 heavy (non-hydrogen) atoms. The third-order valence-corrected chi connectivity index (χ3v) is 5.81. The second kappa shape index (κ2) is 5.28. The van der Waals surface area contributed by atoms with Crippen LogP contribution in [0.1, 0.15) is 27.2 Å². The molecule has 1 fully saturated rings. The van der Waals surface area contributed by atoms with Gasteiger partial charge in [0, 0.05) is 27.2 Å². The molecule has 1 unspecified atom stereocenters. The minimum absolute atomic E-state index is 0.781. The van der Waals surface area contributed by atoms with Gasteiger partial charge in [-0.2, -0.15) is 17.6 Å². The topological polar surface area (TPSA) is 78.9 Å². The third-order valence-electron chi connectivity index (χ3n) is 2.67. The normalized spacial score (nSPS) is 22.7. The lowest BCUT2D eigenvalue weighted by molar-refractivity contribution is -0.283. The average molecular weight is 332 g/mol. The maximum absolute atomic E-state index is 13.5. The maximum Gasteiger partial charge on any atom is 0.715 e. The molecule has 1 aliphatic rings. The van der Waals surface area contributed by atoms with Crippen LogP contribution in [0.2, 0.25) is 5.54 Å². The van der Waals surface area contributed by atoms with Crippen LogP contribution >= 0.6 is 0 Å². The van der Waals surface area contributed by atoms with Crippen LogP contribution in [0.25, 0.3) is 0 Å². The van der Waals surface area contributed by atoms with E-state index in [0.717, 1.165) is 20.8 Å². The molecule has 0 aromatic rings. The van der Waals surface area contributed by atoms with Gasteiger partial charge in [0.05, 0.1) is 0 Å². The first-order valence-corrected chi connectivity index (χ1v) is 7.48. The van der Waals surface area contributed by atoms with Crippen molar-refractivity contribution in [2.24, 2.45) is 0 Å². The number of halogens is 4. The summed E-state index contributed by atoms with van der Waals surface area (Å²) in [5, 5.41) is 0. The summed E-state index contributed by atoms with van der Waals surface area (Å²) in [5.74, 6) is -12.6. The van der Waals surface area contributed by atoms with Crippen molar-refractivity contribution in [2.75, 3.05) is 0 Å². The number of hydrogen-bond donors (Lipinski definition) is 0. The number of carbonyl (C=O) groups is 3. The maximum atomic E-state index is 13.5. The molecular formula is C10H12F4O6Si.